The molecule has 0 atom stereocenters. The summed E-state index contributed by atoms with van der Waals surface area (Å²) < 4.78 is 14.0. The molecular formula is C18H16FN5O2. The lowest BCUT2D eigenvalue weighted by atomic mass is 10.1. The molecule has 1 aromatic heterocycles. The molecule has 26 heavy (non-hydrogen) atoms. The Balaban J connectivity index is 1.74. The molecule has 3 aromatic rings. The molecule has 0 saturated heterocycles. The molecule has 5 N–H and O–H groups in total. The molecule has 132 valence electrons. The predicted octanol–water partition coefficient (Wildman–Crippen LogP) is 2.64. The van der Waals surface area contributed by atoms with Crippen LogP contribution in [0.15, 0.2) is 54.7 Å². The van der Waals surface area contributed by atoms with Gasteiger partial charge in [-0.3, -0.25) is 9.89 Å². The van der Waals surface area contributed by atoms with Crippen LogP contribution in [0.3, 0.4) is 0 Å². The van der Waals surface area contributed by atoms with Crippen molar-refractivity contribution in [3.63, 3.8) is 0 Å². The highest BCUT2D eigenvalue weighted by Gasteiger charge is 2.17. The monoisotopic (exact) mass is 353 g/mol. The van der Waals surface area contributed by atoms with Crippen LogP contribution in [-0.4, -0.2) is 22.1 Å². The average molecular weight is 353 g/mol. The predicted molar refractivity (Wildman–Crippen MR) is 94.8 cm³/mol. The zero-order valence-electron chi connectivity index (χ0n) is 13.6. The van der Waals surface area contributed by atoms with Gasteiger partial charge in [-0.25, -0.2) is 9.18 Å². The molecule has 0 fully saturated rings. The zero-order valence-corrected chi connectivity index (χ0v) is 13.6. The molecule has 3 amide bonds. The first kappa shape index (κ1) is 17.2. The second-order valence-corrected chi connectivity index (χ2v) is 5.51. The Bertz CT molecular complexity index is 937. The lowest BCUT2D eigenvalue weighted by molar-refractivity contribution is 0.102. The van der Waals surface area contributed by atoms with Gasteiger partial charge in [0.15, 0.2) is 0 Å². The van der Waals surface area contributed by atoms with Crippen molar-refractivity contribution in [3.8, 4) is 11.3 Å². The van der Waals surface area contributed by atoms with Gasteiger partial charge in [-0.05, 0) is 29.8 Å². The number of benzene rings is 2. The van der Waals surface area contributed by atoms with Gasteiger partial charge in [0.2, 0.25) is 0 Å². The minimum atomic E-state index is -0.608. The number of aromatic nitrogens is 2. The molecule has 3 rings (SSSR count). The van der Waals surface area contributed by atoms with Crippen LogP contribution in [0.4, 0.5) is 14.9 Å². The van der Waals surface area contributed by atoms with E-state index in [-0.39, 0.29) is 11.1 Å². The molecule has 0 aliphatic heterocycles. The van der Waals surface area contributed by atoms with Crippen LogP contribution in [-0.2, 0) is 6.54 Å². The van der Waals surface area contributed by atoms with Gasteiger partial charge in [0.1, 0.15) is 5.82 Å². The number of nitrogens with two attached hydrogens (primary N) is 1. The third-order valence-corrected chi connectivity index (χ3v) is 3.71. The Kier molecular flexibility index (Phi) is 4.93. The number of urea groups is 1. The van der Waals surface area contributed by atoms with Gasteiger partial charge in [0, 0.05) is 17.8 Å². The number of rotatable bonds is 5. The molecule has 0 unspecified atom stereocenters. The number of nitrogens with one attached hydrogen (secondary N) is 3. The summed E-state index contributed by atoms with van der Waals surface area (Å²) in [7, 11) is 0. The Morgan fingerprint density at radius 2 is 1.85 bits per heavy atom. The fraction of sp³-hybridized carbons (Fsp3) is 0.0556. The van der Waals surface area contributed by atoms with Crippen LogP contribution in [0.2, 0.25) is 0 Å². The maximum Gasteiger partial charge on any atom is 0.312 e. The first-order chi connectivity index (χ1) is 12.5. The first-order valence-electron chi connectivity index (χ1n) is 7.76. The Labute approximate surface area is 148 Å². The van der Waals surface area contributed by atoms with E-state index in [0.717, 1.165) is 5.56 Å². The minimum absolute atomic E-state index is 0.231. The number of hydrogen-bond acceptors (Lipinski definition) is 3. The van der Waals surface area contributed by atoms with Crippen molar-refractivity contribution >= 4 is 17.6 Å². The van der Waals surface area contributed by atoms with Crippen molar-refractivity contribution in [1.82, 2.24) is 15.5 Å². The topological polar surface area (TPSA) is 113 Å². The van der Waals surface area contributed by atoms with Crippen molar-refractivity contribution in [2.24, 2.45) is 5.73 Å². The summed E-state index contributed by atoms with van der Waals surface area (Å²) in [6.45, 7) is 0.294. The number of anilines is 1. The van der Waals surface area contributed by atoms with E-state index in [1.165, 1.54) is 12.3 Å². The van der Waals surface area contributed by atoms with E-state index in [1.54, 1.807) is 42.5 Å². The smallest absolute Gasteiger partial charge is 0.312 e. The largest absolute Gasteiger partial charge is 0.352 e. The maximum atomic E-state index is 14.0. The molecule has 0 radical (unpaired) electrons. The van der Waals surface area contributed by atoms with Gasteiger partial charge in [-0.2, -0.15) is 5.10 Å². The quantitative estimate of drug-likeness (QED) is 0.565. The van der Waals surface area contributed by atoms with E-state index in [9.17, 15) is 14.0 Å². The molecule has 0 bridgehead atoms. The van der Waals surface area contributed by atoms with Crippen LogP contribution in [0, 0.1) is 5.82 Å². The third kappa shape index (κ3) is 3.86. The van der Waals surface area contributed by atoms with Crippen molar-refractivity contribution < 1.29 is 14.0 Å². The summed E-state index contributed by atoms with van der Waals surface area (Å²) in [5.41, 5.74) is 7.21. The number of halogens is 1. The van der Waals surface area contributed by atoms with Crippen LogP contribution < -0.4 is 16.4 Å². The van der Waals surface area contributed by atoms with E-state index in [4.69, 9.17) is 5.73 Å². The first-order valence-corrected chi connectivity index (χ1v) is 7.76. The van der Waals surface area contributed by atoms with Gasteiger partial charge < -0.3 is 16.4 Å². The molecule has 0 saturated carbocycles. The van der Waals surface area contributed by atoms with Gasteiger partial charge in [0.05, 0.1) is 17.5 Å². The van der Waals surface area contributed by atoms with Crippen LogP contribution in [0.25, 0.3) is 11.3 Å². The van der Waals surface area contributed by atoms with Crippen molar-refractivity contribution in [2.75, 3.05) is 5.32 Å². The molecule has 2 aromatic carbocycles. The van der Waals surface area contributed by atoms with E-state index in [2.05, 4.69) is 20.8 Å². The number of aromatic amines is 1. The SMILES string of the molecule is NC(=O)NCc1ccc(NC(=O)c2cn[nH]c2-c2ccccc2F)cc1. The van der Waals surface area contributed by atoms with Gasteiger partial charge in [-0.15, -0.1) is 0 Å². The van der Waals surface area contributed by atoms with Gasteiger partial charge in [-0.1, -0.05) is 24.3 Å². The zero-order chi connectivity index (χ0) is 18.5. The summed E-state index contributed by atoms with van der Waals surface area (Å²) in [4.78, 5) is 23.2. The van der Waals surface area contributed by atoms with Crippen LogP contribution in [0.5, 0.6) is 0 Å². The Morgan fingerprint density at radius 3 is 2.54 bits per heavy atom. The second kappa shape index (κ2) is 7.47. The number of carbonyl (C=O) groups is 2. The number of carbonyl (C=O) groups excluding carboxylic acids is 2. The molecule has 1 heterocycles. The number of amides is 3. The number of nitrogens with zero attached hydrogens (tertiary/aromatic N) is 1. The van der Waals surface area contributed by atoms with Crippen molar-refractivity contribution in [1.29, 1.82) is 0 Å². The highest BCUT2D eigenvalue weighted by molar-refractivity contribution is 6.08. The lowest BCUT2D eigenvalue weighted by Gasteiger charge is -2.08. The highest BCUT2D eigenvalue weighted by atomic mass is 19.1. The number of H-pyrrole nitrogens is 1. The summed E-state index contributed by atoms with van der Waals surface area (Å²) in [5.74, 6) is -0.864. The fourth-order valence-electron chi connectivity index (χ4n) is 2.42. The van der Waals surface area contributed by atoms with Crippen LogP contribution >= 0.6 is 0 Å². The molecule has 7 nitrogen and oxygen atoms in total. The molecule has 0 aliphatic rings. The summed E-state index contributed by atoms with van der Waals surface area (Å²) in [6, 6.07) is 12.4. The van der Waals surface area contributed by atoms with Gasteiger partial charge >= 0.3 is 6.03 Å². The molecule has 0 spiro atoms. The Morgan fingerprint density at radius 1 is 1.12 bits per heavy atom. The van der Waals surface area contributed by atoms with E-state index < -0.39 is 17.8 Å². The molecular weight excluding hydrogens is 337 g/mol. The Hall–Kier alpha value is -3.68. The van der Waals surface area contributed by atoms with Crippen molar-refractivity contribution in [2.45, 2.75) is 6.54 Å². The van der Waals surface area contributed by atoms with Crippen molar-refractivity contribution in [3.05, 3.63) is 71.7 Å². The molecule has 0 aliphatic carbocycles. The summed E-state index contributed by atoms with van der Waals surface area (Å²) >= 11 is 0. The third-order valence-electron chi connectivity index (χ3n) is 3.71. The van der Waals surface area contributed by atoms with E-state index in [0.29, 0.717) is 17.9 Å². The summed E-state index contributed by atoms with van der Waals surface area (Å²) in [6.07, 6.45) is 1.35. The average Bonchev–Trinajstić information content (AvgIpc) is 3.11. The molecule has 8 heteroatoms. The number of primary amides is 1. The maximum absolute atomic E-state index is 14.0. The summed E-state index contributed by atoms with van der Waals surface area (Å²) in [5, 5.41) is 11.7. The fourth-order valence-corrected chi connectivity index (χ4v) is 2.42. The standard InChI is InChI=1S/C18H16FN5O2/c19-15-4-2-1-3-13(15)16-14(10-22-24-16)17(25)23-12-7-5-11(6-8-12)9-21-18(20)26/h1-8,10H,9H2,(H,22,24)(H,23,25)(H3,20,21,26). The highest BCUT2D eigenvalue weighted by Crippen LogP contribution is 2.24. The lowest BCUT2D eigenvalue weighted by Crippen LogP contribution is -2.28. The minimum Gasteiger partial charge on any atom is -0.352 e. The number of hydrogen-bond donors (Lipinski definition) is 4. The van der Waals surface area contributed by atoms with Crippen LogP contribution in [0.1, 0.15) is 15.9 Å². The second-order valence-electron chi connectivity index (χ2n) is 5.51. The van der Waals surface area contributed by atoms with Gasteiger partial charge in [0.25, 0.3) is 5.91 Å². The van der Waals surface area contributed by atoms with E-state index >= 15 is 0 Å². The normalized spacial score (nSPS) is 10.3. The van der Waals surface area contributed by atoms with E-state index in [1.807, 2.05) is 0 Å².